The fraction of sp³-hybridized carbons (Fsp3) is 0.455. The average Bonchev–Trinajstić information content (AvgIpc) is 2.99. The number of aryl methyl sites for hydroxylation is 1. The lowest BCUT2D eigenvalue weighted by Gasteiger charge is -2.02. The molecule has 0 aliphatic rings. The molecule has 0 amide bonds. The van der Waals surface area contributed by atoms with Gasteiger partial charge in [-0.2, -0.15) is 5.10 Å². The first-order chi connectivity index (χ1) is 8.74. The third-order valence-electron chi connectivity index (χ3n) is 2.46. The number of hydrogen-bond donors (Lipinski definition) is 1. The van der Waals surface area contributed by atoms with E-state index in [2.05, 4.69) is 22.0 Å². The molecule has 96 valence electrons. The second-order valence-electron chi connectivity index (χ2n) is 3.83. The van der Waals surface area contributed by atoms with Crippen LogP contribution >= 0.6 is 11.3 Å². The van der Waals surface area contributed by atoms with Crippen LogP contribution in [0.15, 0.2) is 11.7 Å². The van der Waals surface area contributed by atoms with Crippen molar-refractivity contribution in [3.8, 4) is 0 Å². The fourth-order valence-electron chi connectivity index (χ4n) is 1.59. The smallest absolute Gasteiger partial charge is 0.189 e. The average molecular weight is 265 g/mol. The number of carbonyl (C=O) groups is 1. The Kier molecular flexibility index (Phi) is 4.16. The van der Waals surface area contributed by atoms with E-state index in [1.165, 1.54) is 17.7 Å². The Morgan fingerprint density at radius 2 is 2.39 bits per heavy atom. The van der Waals surface area contributed by atoms with E-state index in [1.807, 2.05) is 0 Å². The van der Waals surface area contributed by atoms with Gasteiger partial charge in [0.25, 0.3) is 0 Å². The van der Waals surface area contributed by atoms with E-state index in [4.69, 9.17) is 5.73 Å². The first-order valence-electron chi connectivity index (χ1n) is 5.79. The van der Waals surface area contributed by atoms with E-state index >= 15 is 0 Å². The van der Waals surface area contributed by atoms with Gasteiger partial charge in [0.05, 0.1) is 6.42 Å². The topological polar surface area (TPSA) is 86.7 Å². The maximum atomic E-state index is 12.0. The van der Waals surface area contributed by atoms with Gasteiger partial charge in [0.15, 0.2) is 5.78 Å². The third kappa shape index (κ3) is 2.80. The highest BCUT2D eigenvalue weighted by Gasteiger charge is 2.14. The molecule has 0 fully saturated rings. The number of hydrogen-bond acceptors (Lipinski definition) is 6. The molecule has 0 aromatic carbocycles. The van der Waals surface area contributed by atoms with Crippen molar-refractivity contribution in [3.63, 3.8) is 0 Å². The number of nitrogens with zero attached hydrogens (tertiary/aromatic N) is 4. The van der Waals surface area contributed by atoms with Crippen molar-refractivity contribution in [2.45, 2.75) is 32.9 Å². The van der Waals surface area contributed by atoms with Crippen LogP contribution in [0.25, 0.3) is 0 Å². The molecule has 0 unspecified atom stereocenters. The molecule has 0 aliphatic carbocycles. The highest BCUT2D eigenvalue weighted by molar-refractivity contribution is 7.09. The Balaban J connectivity index is 2.08. The van der Waals surface area contributed by atoms with Crippen LogP contribution in [0.1, 0.15) is 34.7 Å². The summed E-state index contributed by atoms with van der Waals surface area (Å²) in [6, 6.07) is 0. The summed E-state index contributed by atoms with van der Waals surface area (Å²) in [6.45, 7) is 3.19. The monoisotopic (exact) mass is 265 g/mol. The molecular weight excluding hydrogens is 250 g/mol. The summed E-state index contributed by atoms with van der Waals surface area (Å²) in [6.07, 6.45) is 2.66. The summed E-state index contributed by atoms with van der Waals surface area (Å²) >= 11 is 1.41. The van der Waals surface area contributed by atoms with Crippen LogP contribution in [0.3, 0.4) is 0 Å². The molecule has 0 saturated heterocycles. The number of nitrogens with two attached hydrogens (primary N) is 1. The Morgan fingerprint density at radius 3 is 3.06 bits per heavy atom. The zero-order valence-electron chi connectivity index (χ0n) is 10.2. The Labute approximate surface area is 109 Å². The summed E-state index contributed by atoms with van der Waals surface area (Å²) in [7, 11) is 0. The summed E-state index contributed by atoms with van der Waals surface area (Å²) < 4.78 is 1.76. The van der Waals surface area contributed by atoms with Gasteiger partial charge in [0.2, 0.25) is 0 Å². The quantitative estimate of drug-likeness (QED) is 0.788. The van der Waals surface area contributed by atoms with E-state index in [9.17, 15) is 4.79 Å². The minimum Gasteiger partial charge on any atom is -0.325 e. The van der Waals surface area contributed by atoms with Crippen LogP contribution < -0.4 is 5.73 Å². The van der Waals surface area contributed by atoms with Gasteiger partial charge in [0.1, 0.15) is 22.9 Å². The molecule has 0 radical (unpaired) electrons. The van der Waals surface area contributed by atoms with Gasteiger partial charge in [0, 0.05) is 18.5 Å². The van der Waals surface area contributed by atoms with E-state index in [0.717, 1.165) is 18.0 Å². The van der Waals surface area contributed by atoms with Crippen molar-refractivity contribution >= 4 is 17.1 Å². The Hall–Kier alpha value is -1.60. The van der Waals surface area contributed by atoms with E-state index in [1.54, 1.807) is 10.1 Å². The van der Waals surface area contributed by atoms with E-state index in [-0.39, 0.29) is 12.2 Å². The lowest BCUT2D eigenvalue weighted by molar-refractivity contribution is 0.0985. The van der Waals surface area contributed by atoms with Gasteiger partial charge in [-0.1, -0.05) is 6.92 Å². The molecule has 2 N–H and O–H groups in total. The van der Waals surface area contributed by atoms with Crippen LogP contribution in [0.4, 0.5) is 0 Å². The molecule has 0 spiro atoms. The Bertz CT molecular complexity index is 533. The van der Waals surface area contributed by atoms with Crippen molar-refractivity contribution in [2.24, 2.45) is 5.73 Å². The van der Waals surface area contributed by atoms with Crippen molar-refractivity contribution in [3.05, 3.63) is 28.2 Å². The highest BCUT2D eigenvalue weighted by Crippen LogP contribution is 2.11. The van der Waals surface area contributed by atoms with Gasteiger partial charge >= 0.3 is 0 Å². The largest absolute Gasteiger partial charge is 0.325 e. The fourth-order valence-corrected chi connectivity index (χ4v) is 2.27. The van der Waals surface area contributed by atoms with Crippen LogP contribution in [0.2, 0.25) is 0 Å². The van der Waals surface area contributed by atoms with Crippen molar-refractivity contribution < 1.29 is 4.79 Å². The van der Waals surface area contributed by atoms with Crippen molar-refractivity contribution in [1.29, 1.82) is 0 Å². The maximum absolute atomic E-state index is 12.0. The van der Waals surface area contributed by atoms with Crippen LogP contribution in [-0.4, -0.2) is 25.5 Å². The number of ketones is 1. The zero-order chi connectivity index (χ0) is 13.0. The molecule has 7 heteroatoms. The molecular formula is C11H15N5OS. The summed E-state index contributed by atoms with van der Waals surface area (Å²) in [5.41, 5.74) is 5.94. The van der Waals surface area contributed by atoms with Gasteiger partial charge < -0.3 is 5.73 Å². The van der Waals surface area contributed by atoms with Crippen LogP contribution in [0, 0.1) is 0 Å². The zero-order valence-corrected chi connectivity index (χ0v) is 11.0. The van der Waals surface area contributed by atoms with E-state index in [0.29, 0.717) is 18.1 Å². The Morgan fingerprint density at radius 1 is 1.56 bits per heavy atom. The van der Waals surface area contributed by atoms with Crippen molar-refractivity contribution in [1.82, 2.24) is 19.7 Å². The van der Waals surface area contributed by atoms with Gasteiger partial charge in [-0.25, -0.2) is 14.6 Å². The van der Waals surface area contributed by atoms with Gasteiger partial charge in [-0.3, -0.25) is 4.79 Å². The second kappa shape index (κ2) is 5.83. The molecule has 2 rings (SSSR count). The minimum absolute atomic E-state index is 0.0451. The summed E-state index contributed by atoms with van der Waals surface area (Å²) in [4.78, 5) is 20.3. The molecule has 0 bridgehead atoms. The van der Waals surface area contributed by atoms with Crippen molar-refractivity contribution in [2.75, 3.05) is 0 Å². The lowest BCUT2D eigenvalue weighted by Crippen LogP contribution is -2.12. The van der Waals surface area contributed by atoms with Gasteiger partial charge in [-0.15, -0.1) is 11.3 Å². The second-order valence-corrected chi connectivity index (χ2v) is 4.77. The molecule has 2 aromatic heterocycles. The molecule has 6 nitrogen and oxygen atoms in total. The first-order valence-corrected chi connectivity index (χ1v) is 6.67. The number of carbonyl (C=O) groups excluding carboxylic acids is 1. The maximum Gasteiger partial charge on any atom is 0.189 e. The number of Topliss-reactive ketones (excluding diaryl/α,β-unsaturated/α-hetero) is 1. The molecule has 2 aromatic rings. The first kappa shape index (κ1) is 12.8. The molecule has 0 aliphatic heterocycles. The summed E-state index contributed by atoms with van der Waals surface area (Å²) in [5.74, 6) is 0.639. The SMILES string of the molecule is CCCn1ncnc1CC(=O)c1csc(CN)n1. The lowest BCUT2D eigenvalue weighted by atomic mass is 10.2. The number of rotatable bonds is 6. The third-order valence-corrected chi connectivity index (χ3v) is 3.33. The number of thiazole rings is 1. The predicted octanol–water partition coefficient (Wildman–Crippen LogP) is 1.03. The van der Waals surface area contributed by atoms with Crippen LogP contribution in [0.5, 0.6) is 0 Å². The summed E-state index contributed by atoms with van der Waals surface area (Å²) in [5, 5.41) is 6.60. The van der Waals surface area contributed by atoms with Gasteiger partial charge in [-0.05, 0) is 6.42 Å². The normalized spacial score (nSPS) is 10.8. The molecule has 2 heterocycles. The predicted molar refractivity (Wildman–Crippen MR) is 68.4 cm³/mol. The standard InChI is InChI=1S/C11H15N5OS/c1-2-3-16-10(13-7-14-16)4-9(17)8-6-18-11(5-12)15-8/h6-7H,2-5,12H2,1H3. The van der Waals surface area contributed by atoms with E-state index < -0.39 is 0 Å². The number of aromatic nitrogens is 4. The minimum atomic E-state index is -0.0451. The molecule has 0 atom stereocenters. The molecule has 0 saturated carbocycles. The molecule has 18 heavy (non-hydrogen) atoms. The van der Waals surface area contributed by atoms with Crippen LogP contribution in [-0.2, 0) is 19.5 Å². The highest BCUT2D eigenvalue weighted by atomic mass is 32.1.